The lowest BCUT2D eigenvalue weighted by Crippen LogP contribution is -2.39. The van der Waals surface area contributed by atoms with Gasteiger partial charge in [0.25, 0.3) is 0 Å². The highest BCUT2D eigenvalue weighted by atomic mass is 19.1. The molecule has 0 bridgehead atoms. The number of alkyl halides is 1. The second-order valence-electron chi connectivity index (χ2n) is 6.06. The van der Waals surface area contributed by atoms with E-state index in [1.165, 1.54) is 0 Å². The maximum atomic E-state index is 14.1. The number of amides is 1. The fourth-order valence-electron chi connectivity index (χ4n) is 2.74. The summed E-state index contributed by atoms with van der Waals surface area (Å²) in [6, 6.07) is 0. The van der Waals surface area contributed by atoms with Crippen LogP contribution in [0.25, 0.3) is 0 Å². The third kappa shape index (κ3) is 2.25. The van der Waals surface area contributed by atoms with Gasteiger partial charge in [0.2, 0.25) is 0 Å². The Morgan fingerprint density at radius 3 is 2.41 bits per heavy atom. The molecule has 0 aromatic carbocycles. The van der Waals surface area contributed by atoms with Gasteiger partial charge in [-0.1, -0.05) is 0 Å². The van der Waals surface area contributed by atoms with E-state index in [0.29, 0.717) is 26.1 Å². The number of hydrogen-bond acceptors (Lipinski definition) is 3. The number of fused-ring (bicyclic) bond motifs is 1. The molecule has 1 saturated carbocycles. The average Bonchev–Trinajstić information content (AvgIpc) is 2.61. The molecule has 0 spiro atoms. The predicted molar refractivity (Wildman–Crippen MR) is 62.3 cm³/mol. The Morgan fingerprint density at radius 1 is 1.47 bits per heavy atom. The van der Waals surface area contributed by atoms with Gasteiger partial charge in [-0.3, -0.25) is 0 Å². The zero-order valence-electron chi connectivity index (χ0n) is 10.7. The molecule has 1 heterocycles. The first kappa shape index (κ1) is 12.6. The maximum absolute atomic E-state index is 14.1. The molecule has 17 heavy (non-hydrogen) atoms. The summed E-state index contributed by atoms with van der Waals surface area (Å²) in [4.78, 5) is 13.4. The summed E-state index contributed by atoms with van der Waals surface area (Å²) in [5.74, 6) is -0.0582. The van der Waals surface area contributed by atoms with Crippen molar-refractivity contribution >= 4 is 6.09 Å². The molecule has 1 aliphatic heterocycles. The molecule has 0 aromatic rings. The third-order valence-electron chi connectivity index (χ3n) is 3.62. The zero-order valence-corrected chi connectivity index (χ0v) is 10.7. The van der Waals surface area contributed by atoms with Crippen molar-refractivity contribution in [2.75, 3.05) is 19.6 Å². The average molecular weight is 244 g/mol. The molecule has 98 valence electrons. The van der Waals surface area contributed by atoms with Crippen molar-refractivity contribution in [3.63, 3.8) is 0 Å². The molecule has 1 aliphatic carbocycles. The fraction of sp³-hybridized carbons (Fsp3) is 0.917. The van der Waals surface area contributed by atoms with E-state index in [2.05, 4.69) is 0 Å². The number of hydrogen-bond donors (Lipinski definition) is 1. The lowest BCUT2D eigenvalue weighted by molar-refractivity contribution is 0.0237. The highest BCUT2D eigenvalue weighted by molar-refractivity contribution is 5.69. The molecule has 2 rings (SSSR count). The minimum Gasteiger partial charge on any atom is -0.444 e. The number of carbonyl (C=O) groups is 1. The van der Waals surface area contributed by atoms with Crippen molar-refractivity contribution in [1.29, 1.82) is 0 Å². The van der Waals surface area contributed by atoms with Crippen LogP contribution in [0, 0.1) is 11.8 Å². The highest BCUT2D eigenvalue weighted by Gasteiger charge is 2.69. The van der Waals surface area contributed by atoms with E-state index in [1.54, 1.807) is 4.90 Å². The molecule has 2 N–H and O–H groups in total. The van der Waals surface area contributed by atoms with Crippen LogP contribution in [0.2, 0.25) is 0 Å². The normalized spacial score (nSPS) is 35.7. The topological polar surface area (TPSA) is 55.6 Å². The van der Waals surface area contributed by atoms with Crippen molar-refractivity contribution in [3.05, 3.63) is 0 Å². The largest absolute Gasteiger partial charge is 0.444 e. The van der Waals surface area contributed by atoms with Crippen LogP contribution in [-0.4, -0.2) is 41.9 Å². The van der Waals surface area contributed by atoms with Crippen LogP contribution >= 0.6 is 0 Å². The highest BCUT2D eigenvalue weighted by Crippen LogP contribution is 2.60. The number of halogens is 1. The van der Waals surface area contributed by atoms with Crippen LogP contribution in [0.15, 0.2) is 0 Å². The standard InChI is InChI=1S/C12H21FN2O2/c1-11(2,3)17-10(16)15-6-8-9(7-15)12(8,13)4-5-14/h8-9H,4-7,14H2,1-3H3. The van der Waals surface area contributed by atoms with Gasteiger partial charge in [-0.25, -0.2) is 9.18 Å². The molecule has 0 aromatic heterocycles. The second-order valence-corrected chi connectivity index (χ2v) is 6.06. The second kappa shape index (κ2) is 3.83. The number of likely N-dealkylation sites (tertiary alicyclic amines) is 1. The number of carbonyl (C=O) groups excluding carboxylic acids is 1. The van der Waals surface area contributed by atoms with Crippen LogP contribution in [-0.2, 0) is 4.74 Å². The van der Waals surface area contributed by atoms with Crippen LogP contribution in [0.4, 0.5) is 9.18 Å². The van der Waals surface area contributed by atoms with Crippen molar-refractivity contribution < 1.29 is 13.9 Å². The summed E-state index contributed by atoms with van der Waals surface area (Å²) in [5, 5.41) is 0. The van der Waals surface area contributed by atoms with Gasteiger partial charge in [-0.15, -0.1) is 0 Å². The van der Waals surface area contributed by atoms with Crippen molar-refractivity contribution in [2.45, 2.75) is 38.5 Å². The van der Waals surface area contributed by atoms with Crippen LogP contribution in [0.5, 0.6) is 0 Å². The Balaban J connectivity index is 1.85. The maximum Gasteiger partial charge on any atom is 0.410 e. The lowest BCUT2D eigenvalue weighted by Gasteiger charge is -2.26. The summed E-state index contributed by atoms with van der Waals surface area (Å²) in [5.41, 5.74) is 3.78. The molecule has 1 amide bonds. The smallest absolute Gasteiger partial charge is 0.410 e. The Hall–Kier alpha value is -0.840. The van der Waals surface area contributed by atoms with Crippen molar-refractivity contribution in [1.82, 2.24) is 4.90 Å². The van der Waals surface area contributed by atoms with Gasteiger partial charge in [-0.2, -0.15) is 0 Å². The minimum absolute atomic E-state index is 0.0291. The summed E-state index contributed by atoms with van der Waals surface area (Å²) in [7, 11) is 0. The van der Waals surface area contributed by atoms with Crippen molar-refractivity contribution in [3.8, 4) is 0 Å². The minimum atomic E-state index is -1.12. The van der Waals surface area contributed by atoms with E-state index < -0.39 is 11.3 Å². The summed E-state index contributed by atoms with van der Waals surface area (Å²) < 4.78 is 19.4. The predicted octanol–water partition coefficient (Wildman–Crippen LogP) is 1.54. The number of rotatable bonds is 2. The van der Waals surface area contributed by atoms with E-state index in [-0.39, 0.29) is 17.9 Å². The van der Waals surface area contributed by atoms with Gasteiger partial charge < -0.3 is 15.4 Å². The van der Waals surface area contributed by atoms with E-state index in [9.17, 15) is 9.18 Å². The Bertz CT molecular complexity index is 315. The fourth-order valence-corrected chi connectivity index (χ4v) is 2.74. The van der Waals surface area contributed by atoms with E-state index in [0.717, 1.165) is 0 Å². The SMILES string of the molecule is CC(C)(C)OC(=O)N1CC2C(C1)C2(F)CCN. The Labute approximate surface area is 101 Å². The number of ether oxygens (including phenoxy) is 1. The van der Waals surface area contributed by atoms with Crippen LogP contribution < -0.4 is 5.73 Å². The third-order valence-corrected chi connectivity index (χ3v) is 3.62. The molecular weight excluding hydrogens is 223 g/mol. The van der Waals surface area contributed by atoms with Gasteiger partial charge in [0, 0.05) is 24.9 Å². The molecular formula is C12H21FN2O2. The van der Waals surface area contributed by atoms with E-state index in [1.807, 2.05) is 20.8 Å². The monoisotopic (exact) mass is 244 g/mol. The zero-order chi connectivity index (χ0) is 12.8. The Kier molecular flexibility index (Phi) is 2.84. The molecule has 2 unspecified atom stereocenters. The van der Waals surface area contributed by atoms with Crippen LogP contribution in [0.1, 0.15) is 27.2 Å². The molecule has 4 nitrogen and oxygen atoms in total. The molecule has 2 fully saturated rings. The molecule has 2 atom stereocenters. The first-order valence-corrected chi connectivity index (χ1v) is 6.15. The summed E-state index contributed by atoms with van der Waals surface area (Å²) >= 11 is 0. The first-order chi connectivity index (χ1) is 7.78. The van der Waals surface area contributed by atoms with Crippen molar-refractivity contribution in [2.24, 2.45) is 17.6 Å². The number of nitrogens with two attached hydrogens (primary N) is 1. The van der Waals surface area contributed by atoms with E-state index in [4.69, 9.17) is 10.5 Å². The van der Waals surface area contributed by atoms with Gasteiger partial charge in [0.15, 0.2) is 0 Å². The van der Waals surface area contributed by atoms with Gasteiger partial charge in [-0.05, 0) is 33.7 Å². The lowest BCUT2D eigenvalue weighted by atomic mass is 10.1. The first-order valence-electron chi connectivity index (χ1n) is 6.15. The van der Waals surface area contributed by atoms with Gasteiger partial charge in [0.05, 0.1) is 0 Å². The van der Waals surface area contributed by atoms with E-state index >= 15 is 0 Å². The number of nitrogens with zero attached hydrogens (tertiary/aromatic N) is 1. The Morgan fingerprint density at radius 2 is 2.00 bits per heavy atom. The van der Waals surface area contributed by atoms with Gasteiger partial charge in [0.1, 0.15) is 11.3 Å². The van der Waals surface area contributed by atoms with Gasteiger partial charge >= 0.3 is 6.09 Å². The van der Waals surface area contributed by atoms with Crippen LogP contribution in [0.3, 0.4) is 0 Å². The molecule has 0 radical (unpaired) electrons. The quantitative estimate of drug-likeness (QED) is 0.801. The molecule has 2 aliphatic rings. The summed E-state index contributed by atoms with van der Waals surface area (Å²) in [6.45, 7) is 6.79. The summed E-state index contributed by atoms with van der Waals surface area (Å²) in [6.07, 6.45) is 0.0737. The number of piperidine rings is 1. The molecule has 1 saturated heterocycles. The molecule has 5 heteroatoms.